The number of aryl methyl sites for hydroxylation is 2. The third-order valence-corrected chi connectivity index (χ3v) is 8.17. The Morgan fingerprint density at radius 2 is 2.08 bits per heavy atom. The molecular formula is C19H25N3O2S. The van der Waals surface area contributed by atoms with Crippen LogP contribution in [0.3, 0.4) is 0 Å². The molecule has 1 aromatic carbocycles. The van der Waals surface area contributed by atoms with Crippen LogP contribution in [0.4, 0.5) is 0 Å². The van der Waals surface area contributed by atoms with E-state index in [9.17, 15) is 8.42 Å². The summed E-state index contributed by atoms with van der Waals surface area (Å²) >= 11 is 0. The van der Waals surface area contributed by atoms with Crippen molar-refractivity contribution in [2.45, 2.75) is 50.0 Å². The molecule has 1 unspecified atom stereocenters. The molecule has 0 amide bonds. The number of rotatable bonds is 3. The Labute approximate surface area is 149 Å². The van der Waals surface area contributed by atoms with Crippen molar-refractivity contribution in [3.63, 3.8) is 0 Å². The Balaban J connectivity index is 1.91. The van der Waals surface area contributed by atoms with Crippen molar-refractivity contribution < 1.29 is 8.42 Å². The fourth-order valence-electron chi connectivity index (χ4n) is 4.68. The molecule has 5 nitrogen and oxygen atoms in total. The maximum absolute atomic E-state index is 13.7. The summed E-state index contributed by atoms with van der Waals surface area (Å²) in [6.45, 7) is 4.94. The molecule has 1 aliphatic carbocycles. The fraction of sp³-hybridized carbons (Fsp3) is 0.526. The first-order chi connectivity index (χ1) is 11.9. The fourth-order valence-corrected chi connectivity index (χ4v) is 6.94. The van der Waals surface area contributed by atoms with Gasteiger partial charge in [-0.1, -0.05) is 12.1 Å². The molecule has 25 heavy (non-hydrogen) atoms. The van der Waals surface area contributed by atoms with E-state index < -0.39 is 10.0 Å². The molecule has 0 bridgehead atoms. The summed E-state index contributed by atoms with van der Waals surface area (Å²) in [6.07, 6.45) is 5.54. The van der Waals surface area contributed by atoms with Gasteiger partial charge in [-0.15, -0.1) is 0 Å². The van der Waals surface area contributed by atoms with Crippen LogP contribution in [0.25, 0.3) is 10.9 Å². The molecule has 1 saturated heterocycles. The minimum Gasteiger partial charge on any atom is -0.330 e. The molecule has 2 heterocycles. The van der Waals surface area contributed by atoms with E-state index in [0.29, 0.717) is 23.5 Å². The lowest BCUT2D eigenvalue weighted by Crippen LogP contribution is -2.51. The van der Waals surface area contributed by atoms with E-state index in [0.717, 1.165) is 42.2 Å². The summed E-state index contributed by atoms with van der Waals surface area (Å²) in [7, 11) is -3.61. The molecule has 4 rings (SSSR count). The van der Waals surface area contributed by atoms with Gasteiger partial charge in [0.25, 0.3) is 0 Å². The van der Waals surface area contributed by atoms with Gasteiger partial charge in [0, 0.05) is 23.7 Å². The van der Waals surface area contributed by atoms with Gasteiger partial charge in [-0.25, -0.2) is 8.42 Å². The van der Waals surface area contributed by atoms with Crippen LogP contribution in [-0.2, 0) is 10.0 Å². The summed E-state index contributed by atoms with van der Waals surface area (Å²) in [4.78, 5) is 4.81. The standard InChI is InChI=1S/C19H25N3O2S/c1-13-9-14(2)18(17-16(13)5-3-8-21-17)25(23,24)22-12-15(11-20)10-19(22)6-4-7-19/h3,5,8-9,15H,4,6-7,10-12,20H2,1-2H3. The van der Waals surface area contributed by atoms with Crippen molar-refractivity contribution in [2.75, 3.05) is 13.1 Å². The molecule has 1 saturated carbocycles. The number of fused-ring (bicyclic) bond motifs is 1. The lowest BCUT2D eigenvalue weighted by Gasteiger charge is -2.45. The van der Waals surface area contributed by atoms with E-state index in [-0.39, 0.29) is 11.5 Å². The number of hydrogen-bond acceptors (Lipinski definition) is 4. The average molecular weight is 359 g/mol. The van der Waals surface area contributed by atoms with Gasteiger partial charge in [-0.3, -0.25) is 4.98 Å². The summed E-state index contributed by atoms with van der Waals surface area (Å²) in [6, 6.07) is 5.76. The molecule has 1 aliphatic heterocycles. The van der Waals surface area contributed by atoms with Gasteiger partial charge in [0.15, 0.2) is 0 Å². The quantitative estimate of drug-likeness (QED) is 0.914. The zero-order valence-corrected chi connectivity index (χ0v) is 15.6. The molecule has 2 aliphatic rings. The van der Waals surface area contributed by atoms with E-state index in [2.05, 4.69) is 4.98 Å². The molecule has 0 radical (unpaired) electrons. The Bertz CT molecular complexity index is 935. The summed E-state index contributed by atoms with van der Waals surface area (Å²) in [5.74, 6) is 0.250. The molecular weight excluding hydrogens is 334 g/mol. The Kier molecular flexibility index (Phi) is 3.90. The summed E-state index contributed by atoms with van der Waals surface area (Å²) in [5.41, 5.74) is 8.08. The minimum atomic E-state index is -3.61. The largest absolute Gasteiger partial charge is 0.330 e. The lowest BCUT2D eigenvalue weighted by atomic mass is 9.74. The lowest BCUT2D eigenvalue weighted by molar-refractivity contribution is 0.127. The van der Waals surface area contributed by atoms with Gasteiger partial charge in [-0.05, 0) is 69.2 Å². The number of nitrogens with two attached hydrogens (primary N) is 1. The van der Waals surface area contributed by atoms with E-state index in [1.165, 1.54) is 0 Å². The zero-order chi connectivity index (χ0) is 17.8. The van der Waals surface area contributed by atoms with Gasteiger partial charge in [0.05, 0.1) is 5.52 Å². The molecule has 134 valence electrons. The number of pyridine rings is 1. The van der Waals surface area contributed by atoms with Crippen LogP contribution in [0, 0.1) is 19.8 Å². The van der Waals surface area contributed by atoms with E-state index in [1.54, 1.807) is 10.5 Å². The monoisotopic (exact) mass is 359 g/mol. The van der Waals surface area contributed by atoms with Crippen LogP contribution in [0.2, 0.25) is 0 Å². The summed E-state index contributed by atoms with van der Waals surface area (Å²) in [5, 5.41) is 0.906. The number of benzene rings is 1. The van der Waals surface area contributed by atoms with Gasteiger partial charge >= 0.3 is 0 Å². The molecule has 2 fully saturated rings. The predicted octanol–water partition coefficient (Wildman–Crippen LogP) is 2.74. The van der Waals surface area contributed by atoms with E-state index in [1.807, 2.05) is 32.0 Å². The average Bonchev–Trinajstić information content (AvgIpc) is 2.96. The van der Waals surface area contributed by atoms with Crippen LogP contribution in [0.15, 0.2) is 29.3 Å². The SMILES string of the molecule is Cc1cc(C)c2cccnc2c1S(=O)(=O)N1CC(CN)CC12CCC2. The van der Waals surface area contributed by atoms with Crippen LogP contribution >= 0.6 is 0 Å². The molecule has 6 heteroatoms. The van der Waals surface area contributed by atoms with E-state index >= 15 is 0 Å². The van der Waals surface area contributed by atoms with Crippen molar-refractivity contribution in [1.82, 2.24) is 9.29 Å². The Morgan fingerprint density at radius 3 is 2.72 bits per heavy atom. The Morgan fingerprint density at radius 1 is 1.32 bits per heavy atom. The molecule has 2 aromatic rings. The van der Waals surface area contributed by atoms with Crippen LogP contribution < -0.4 is 5.73 Å². The maximum Gasteiger partial charge on any atom is 0.246 e. The number of hydrogen-bond donors (Lipinski definition) is 1. The second-order valence-corrected chi connectivity index (χ2v) is 9.46. The molecule has 1 atom stereocenters. The third-order valence-electron chi connectivity index (χ3n) is 6.03. The Hall–Kier alpha value is -1.50. The van der Waals surface area contributed by atoms with Crippen molar-refractivity contribution in [1.29, 1.82) is 0 Å². The van der Waals surface area contributed by atoms with Gasteiger partial charge in [0.2, 0.25) is 10.0 Å². The molecule has 1 spiro atoms. The molecule has 2 N–H and O–H groups in total. The third kappa shape index (κ3) is 2.42. The number of aromatic nitrogens is 1. The summed E-state index contributed by atoms with van der Waals surface area (Å²) < 4.78 is 29.1. The predicted molar refractivity (Wildman–Crippen MR) is 98.9 cm³/mol. The zero-order valence-electron chi connectivity index (χ0n) is 14.8. The second kappa shape index (κ2) is 5.76. The van der Waals surface area contributed by atoms with Gasteiger partial charge in [-0.2, -0.15) is 4.31 Å². The highest BCUT2D eigenvalue weighted by atomic mass is 32.2. The van der Waals surface area contributed by atoms with Gasteiger partial charge in [0.1, 0.15) is 4.90 Å². The normalized spacial score (nSPS) is 23.2. The van der Waals surface area contributed by atoms with Crippen molar-refractivity contribution >= 4 is 20.9 Å². The van der Waals surface area contributed by atoms with Crippen molar-refractivity contribution in [2.24, 2.45) is 11.7 Å². The first kappa shape index (κ1) is 16.9. The molecule has 1 aromatic heterocycles. The highest BCUT2D eigenvalue weighted by Crippen LogP contribution is 2.50. The first-order valence-electron chi connectivity index (χ1n) is 8.97. The van der Waals surface area contributed by atoms with Crippen molar-refractivity contribution in [3.8, 4) is 0 Å². The van der Waals surface area contributed by atoms with E-state index in [4.69, 9.17) is 5.73 Å². The second-order valence-electron chi connectivity index (χ2n) is 7.66. The highest BCUT2D eigenvalue weighted by molar-refractivity contribution is 7.89. The van der Waals surface area contributed by atoms with Crippen LogP contribution in [0.5, 0.6) is 0 Å². The number of nitrogens with zero attached hydrogens (tertiary/aromatic N) is 2. The van der Waals surface area contributed by atoms with Crippen LogP contribution in [0.1, 0.15) is 36.8 Å². The topological polar surface area (TPSA) is 76.3 Å². The maximum atomic E-state index is 13.7. The first-order valence-corrected chi connectivity index (χ1v) is 10.4. The van der Waals surface area contributed by atoms with Gasteiger partial charge < -0.3 is 5.73 Å². The van der Waals surface area contributed by atoms with Crippen molar-refractivity contribution in [3.05, 3.63) is 35.5 Å². The number of sulfonamides is 1. The van der Waals surface area contributed by atoms with Crippen LogP contribution in [-0.4, -0.2) is 36.3 Å². The smallest absolute Gasteiger partial charge is 0.246 e. The highest BCUT2D eigenvalue weighted by Gasteiger charge is 2.54. The minimum absolute atomic E-state index is 0.221.